The van der Waals surface area contributed by atoms with Crippen molar-refractivity contribution >= 4 is 38.5 Å². The third kappa shape index (κ3) is 2.36. The van der Waals surface area contributed by atoms with Gasteiger partial charge in [-0.25, -0.2) is 0 Å². The number of hydrogen-bond donors (Lipinski definition) is 0. The Balaban J connectivity index is 2.44. The second-order valence-corrected chi connectivity index (χ2v) is 5.03. The van der Waals surface area contributed by atoms with E-state index in [1.807, 2.05) is 6.07 Å². The van der Waals surface area contributed by atoms with Crippen molar-refractivity contribution in [3.63, 3.8) is 0 Å². The Labute approximate surface area is 106 Å². The van der Waals surface area contributed by atoms with Crippen LogP contribution < -0.4 is 0 Å². The normalized spacial score (nSPS) is 10.1. The van der Waals surface area contributed by atoms with E-state index < -0.39 is 0 Å². The predicted octanol–water partition coefficient (Wildman–Crippen LogP) is 4.52. The summed E-state index contributed by atoms with van der Waals surface area (Å²) in [6, 6.07) is 17.6. The third-order valence-corrected chi connectivity index (χ3v) is 3.12. The molecule has 0 aromatic heterocycles. The molecule has 0 spiro atoms. The lowest BCUT2D eigenvalue weighted by Gasteiger charge is -2.01. The highest BCUT2D eigenvalue weighted by atomic mass is 127. The Morgan fingerprint density at radius 1 is 1.00 bits per heavy atom. The Bertz CT molecular complexity index is 434. The molecule has 2 aromatic rings. The van der Waals surface area contributed by atoms with Gasteiger partial charge in [-0.2, -0.15) is 0 Å². The molecule has 0 amide bonds. The van der Waals surface area contributed by atoms with Crippen LogP contribution in [0.25, 0.3) is 11.1 Å². The van der Waals surface area contributed by atoms with Gasteiger partial charge in [-0.15, -0.1) is 0 Å². The van der Waals surface area contributed by atoms with Crippen LogP contribution in [0.15, 0.2) is 46.9 Å². The summed E-state index contributed by atoms with van der Waals surface area (Å²) in [5.41, 5.74) is 2.45. The fourth-order valence-corrected chi connectivity index (χ4v) is 2.00. The van der Waals surface area contributed by atoms with Gasteiger partial charge in [-0.1, -0.05) is 40.2 Å². The first-order valence-corrected chi connectivity index (χ1v) is 6.06. The molecule has 0 N–H and O–H groups in total. The summed E-state index contributed by atoms with van der Waals surface area (Å²) in [5.74, 6) is 0. The maximum atomic E-state index is 3.42. The minimum absolute atomic E-state index is 0.994. The Hall–Kier alpha value is -0.350. The van der Waals surface area contributed by atoms with E-state index in [2.05, 4.69) is 81.0 Å². The zero-order valence-corrected chi connectivity index (χ0v) is 11.0. The molecule has 0 aliphatic heterocycles. The van der Waals surface area contributed by atoms with Crippen molar-refractivity contribution in [3.8, 4) is 11.1 Å². The first-order valence-electron chi connectivity index (χ1n) is 4.19. The van der Waals surface area contributed by atoms with Crippen molar-refractivity contribution < 1.29 is 0 Å². The number of hydrogen-bond acceptors (Lipinski definition) is 0. The van der Waals surface area contributed by atoms with Gasteiger partial charge in [-0.05, 0) is 58.0 Å². The topological polar surface area (TPSA) is 0 Å². The fraction of sp³-hybridized carbons (Fsp3) is 0. The predicted molar refractivity (Wildman–Crippen MR) is 71.1 cm³/mol. The van der Waals surface area contributed by atoms with E-state index in [0.29, 0.717) is 0 Å². The quantitative estimate of drug-likeness (QED) is 0.658. The SMILES string of the molecule is Brc1[c]ccc(-c2ccc(I)cc2)c1. The molecule has 14 heavy (non-hydrogen) atoms. The van der Waals surface area contributed by atoms with Crippen molar-refractivity contribution in [1.82, 2.24) is 0 Å². The largest absolute Gasteiger partial charge is 0.0537 e. The van der Waals surface area contributed by atoms with Crippen LogP contribution in [0.1, 0.15) is 0 Å². The molecule has 0 atom stereocenters. The van der Waals surface area contributed by atoms with Crippen molar-refractivity contribution in [3.05, 3.63) is 56.6 Å². The van der Waals surface area contributed by atoms with E-state index in [1.54, 1.807) is 0 Å². The van der Waals surface area contributed by atoms with E-state index in [0.717, 1.165) is 4.47 Å². The lowest BCUT2D eigenvalue weighted by molar-refractivity contribution is 1.57. The molecule has 0 unspecified atom stereocenters. The summed E-state index contributed by atoms with van der Waals surface area (Å²) in [5, 5.41) is 0. The second-order valence-electron chi connectivity index (χ2n) is 2.93. The molecule has 2 aromatic carbocycles. The molecular weight excluding hydrogens is 351 g/mol. The molecule has 0 aliphatic carbocycles. The lowest BCUT2D eigenvalue weighted by Crippen LogP contribution is -1.78. The van der Waals surface area contributed by atoms with Gasteiger partial charge in [0.2, 0.25) is 0 Å². The fourth-order valence-electron chi connectivity index (χ4n) is 1.26. The zero-order chi connectivity index (χ0) is 9.97. The Morgan fingerprint density at radius 2 is 1.71 bits per heavy atom. The summed E-state index contributed by atoms with van der Waals surface area (Å²) in [7, 11) is 0. The molecule has 1 radical (unpaired) electrons. The van der Waals surface area contributed by atoms with Crippen LogP contribution in [-0.2, 0) is 0 Å². The van der Waals surface area contributed by atoms with Gasteiger partial charge in [0.15, 0.2) is 0 Å². The van der Waals surface area contributed by atoms with Crippen molar-refractivity contribution in [2.45, 2.75) is 0 Å². The molecule has 69 valence electrons. The molecule has 0 fully saturated rings. The van der Waals surface area contributed by atoms with Crippen LogP contribution in [0.3, 0.4) is 0 Å². The van der Waals surface area contributed by atoms with Crippen LogP contribution >= 0.6 is 38.5 Å². The number of halogens is 2. The van der Waals surface area contributed by atoms with E-state index >= 15 is 0 Å². The minimum Gasteiger partial charge on any atom is -0.0537 e. The number of benzene rings is 2. The van der Waals surface area contributed by atoms with Gasteiger partial charge >= 0.3 is 0 Å². The van der Waals surface area contributed by atoms with Gasteiger partial charge in [-0.3, -0.25) is 0 Å². The second kappa shape index (κ2) is 4.45. The highest BCUT2D eigenvalue weighted by Gasteiger charge is 1.97. The van der Waals surface area contributed by atoms with Crippen molar-refractivity contribution in [1.29, 1.82) is 0 Å². The smallest absolute Gasteiger partial charge is 0.0260 e. The molecular formula is C12H7BrI. The summed E-state index contributed by atoms with van der Waals surface area (Å²) in [6.45, 7) is 0. The third-order valence-electron chi connectivity index (χ3n) is 1.94. The van der Waals surface area contributed by atoms with Gasteiger partial charge in [0.1, 0.15) is 0 Å². The zero-order valence-electron chi connectivity index (χ0n) is 7.30. The van der Waals surface area contributed by atoms with Crippen molar-refractivity contribution in [2.24, 2.45) is 0 Å². The molecule has 0 bridgehead atoms. The van der Waals surface area contributed by atoms with Gasteiger partial charge in [0, 0.05) is 8.04 Å². The Morgan fingerprint density at radius 3 is 2.36 bits per heavy atom. The van der Waals surface area contributed by atoms with Crippen LogP contribution in [0.4, 0.5) is 0 Å². The highest BCUT2D eigenvalue weighted by molar-refractivity contribution is 14.1. The summed E-state index contributed by atoms with van der Waals surface area (Å²) in [4.78, 5) is 0. The van der Waals surface area contributed by atoms with Gasteiger partial charge in [0.05, 0.1) is 0 Å². The molecule has 0 aliphatic rings. The van der Waals surface area contributed by atoms with Gasteiger partial charge < -0.3 is 0 Å². The Kier molecular flexibility index (Phi) is 3.23. The molecule has 0 saturated carbocycles. The summed E-state index contributed by atoms with van der Waals surface area (Å²) < 4.78 is 2.25. The minimum atomic E-state index is 0.994. The average Bonchev–Trinajstić information content (AvgIpc) is 2.19. The van der Waals surface area contributed by atoms with Crippen LogP contribution in [0, 0.1) is 9.64 Å². The van der Waals surface area contributed by atoms with E-state index in [1.165, 1.54) is 14.7 Å². The van der Waals surface area contributed by atoms with E-state index in [4.69, 9.17) is 0 Å². The molecule has 2 heteroatoms. The molecule has 0 saturated heterocycles. The molecule has 0 heterocycles. The maximum Gasteiger partial charge on any atom is 0.0260 e. The summed E-state index contributed by atoms with van der Waals surface area (Å²) >= 11 is 5.72. The number of rotatable bonds is 1. The van der Waals surface area contributed by atoms with Crippen molar-refractivity contribution in [2.75, 3.05) is 0 Å². The molecule has 0 nitrogen and oxygen atoms in total. The maximum absolute atomic E-state index is 3.42. The van der Waals surface area contributed by atoms with E-state index in [-0.39, 0.29) is 0 Å². The lowest BCUT2D eigenvalue weighted by atomic mass is 10.1. The summed E-state index contributed by atoms with van der Waals surface area (Å²) in [6.07, 6.45) is 0. The van der Waals surface area contributed by atoms with E-state index in [9.17, 15) is 0 Å². The monoisotopic (exact) mass is 357 g/mol. The van der Waals surface area contributed by atoms with Crippen LogP contribution in [0.2, 0.25) is 0 Å². The highest BCUT2D eigenvalue weighted by Crippen LogP contribution is 2.23. The van der Waals surface area contributed by atoms with Crippen LogP contribution in [-0.4, -0.2) is 0 Å². The van der Waals surface area contributed by atoms with Crippen LogP contribution in [0.5, 0.6) is 0 Å². The average molecular weight is 358 g/mol. The first kappa shape index (κ1) is 10.2. The molecule has 2 rings (SSSR count). The van der Waals surface area contributed by atoms with Gasteiger partial charge in [0.25, 0.3) is 0 Å². The first-order chi connectivity index (χ1) is 6.75. The standard InChI is InChI=1S/C12H7BrI/c13-11-3-1-2-10(8-11)9-4-6-12(14)7-5-9/h1-2,4-8H.